The Morgan fingerprint density at radius 3 is 2.76 bits per heavy atom. The summed E-state index contributed by atoms with van der Waals surface area (Å²) < 4.78 is 41.6. The molecule has 21 heavy (non-hydrogen) atoms. The van der Waals surface area contributed by atoms with Gasteiger partial charge in [0, 0.05) is 6.04 Å². The van der Waals surface area contributed by atoms with Crippen molar-refractivity contribution in [2.45, 2.75) is 31.9 Å². The molecule has 0 radical (unpaired) electrons. The van der Waals surface area contributed by atoms with Gasteiger partial charge in [0.1, 0.15) is 0 Å². The Bertz CT molecular complexity index is 617. The van der Waals surface area contributed by atoms with Crippen molar-refractivity contribution < 1.29 is 22.3 Å². The molecule has 7 heteroatoms. The number of carbonyl (C=O) groups is 1. The zero-order chi connectivity index (χ0) is 15.5. The second-order valence-corrected chi connectivity index (χ2v) is 7.28. The lowest BCUT2D eigenvalue weighted by Crippen LogP contribution is -2.44. The minimum Gasteiger partial charge on any atom is -0.478 e. The number of nitrogens with one attached hydrogen (secondary N) is 1. The highest BCUT2D eigenvalue weighted by Crippen LogP contribution is 2.18. The van der Waals surface area contributed by atoms with Gasteiger partial charge >= 0.3 is 0 Å². The van der Waals surface area contributed by atoms with E-state index in [1.54, 1.807) is 13.0 Å². The summed E-state index contributed by atoms with van der Waals surface area (Å²) in [5.74, 6) is -0.897. The molecule has 1 heterocycles. The van der Waals surface area contributed by atoms with Crippen LogP contribution < -0.4 is 10.1 Å². The van der Waals surface area contributed by atoms with Crippen molar-refractivity contribution in [3.63, 3.8) is 0 Å². The zero-order valence-corrected chi connectivity index (χ0v) is 12.5. The van der Waals surface area contributed by atoms with Crippen LogP contribution in [0.4, 0.5) is 4.39 Å². The van der Waals surface area contributed by atoms with Gasteiger partial charge in [0.2, 0.25) is 0 Å². The number of carbonyl (C=O) groups excluding carboxylic acids is 1. The molecule has 1 aliphatic rings. The van der Waals surface area contributed by atoms with E-state index in [1.807, 2.05) is 0 Å². The number of hydrogen-bond acceptors (Lipinski definition) is 4. The third kappa shape index (κ3) is 4.17. The quantitative estimate of drug-likeness (QED) is 0.888. The highest BCUT2D eigenvalue weighted by molar-refractivity contribution is 7.91. The number of halogens is 1. The van der Waals surface area contributed by atoms with Crippen molar-refractivity contribution in [3.05, 3.63) is 30.1 Å². The molecule has 2 rings (SSSR count). The van der Waals surface area contributed by atoms with Crippen LogP contribution in [-0.2, 0) is 14.6 Å². The molecule has 116 valence electrons. The summed E-state index contributed by atoms with van der Waals surface area (Å²) in [4.78, 5) is 12.1. The van der Waals surface area contributed by atoms with Crippen molar-refractivity contribution in [1.82, 2.24) is 5.32 Å². The maximum Gasteiger partial charge on any atom is 0.261 e. The average Bonchev–Trinajstić information content (AvgIpc) is 2.77. The molecule has 0 saturated carbocycles. The summed E-state index contributed by atoms with van der Waals surface area (Å²) in [5, 5.41) is 2.66. The van der Waals surface area contributed by atoms with Crippen LogP contribution in [0, 0.1) is 5.82 Å². The molecular formula is C14H18FNO4S. The molecule has 1 amide bonds. The Labute approximate surface area is 123 Å². The van der Waals surface area contributed by atoms with E-state index in [-0.39, 0.29) is 23.3 Å². The van der Waals surface area contributed by atoms with Crippen LogP contribution in [0.3, 0.4) is 0 Å². The van der Waals surface area contributed by atoms with Gasteiger partial charge in [0.05, 0.1) is 11.5 Å². The monoisotopic (exact) mass is 315 g/mol. The van der Waals surface area contributed by atoms with Gasteiger partial charge in [-0.2, -0.15) is 0 Å². The van der Waals surface area contributed by atoms with Crippen LogP contribution in [0.2, 0.25) is 0 Å². The van der Waals surface area contributed by atoms with E-state index in [0.717, 1.165) is 0 Å². The molecule has 1 saturated heterocycles. The molecule has 1 fully saturated rings. The second kappa shape index (κ2) is 6.43. The lowest BCUT2D eigenvalue weighted by Gasteiger charge is -2.19. The van der Waals surface area contributed by atoms with Crippen molar-refractivity contribution >= 4 is 15.7 Å². The minimum atomic E-state index is -3.05. The van der Waals surface area contributed by atoms with E-state index >= 15 is 0 Å². The SMILES string of the molecule is CC[C@@H](Oc1ccccc1F)C(=O)N[C@@H]1CCS(=O)(=O)C1. The molecule has 0 unspecified atom stereocenters. The smallest absolute Gasteiger partial charge is 0.261 e. The number of hydrogen-bond donors (Lipinski definition) is 1. The summed E-state index contributed by atoms with van der Waals surface area (Å²) >= 11 is 0. The Balaban J connectivity index is 1.98. The minimum absolute atomic E-state index is 0.0125. The Morgan fingerprint density at radius 1 is 1.48 bits per heavy atom. The van der Waals surface area contributed by atoms with E-state index in [0.29, 0.717) is 12.8 Å². The van der Waals surface area contributed by atoms with Crippen LogP contribution >= 0.6 is 0 Å². The first kappa shape index (κ1) is 15.8. The summed E-state index contributed by atoms with van der Waals surface area (Å²) in [6, 6.07) is 5.47. The van der Waals surface area contributed by atoms with Crippen LogP contribution in [0.25, 0.3) is 0 Å². The van der Waals surface area contributed by atoms with E-state index in [9.17, 15) is 17.6 Å². The van der Waals surface area contributed by atoms with E-state index < -0.39 is 27.7 Å². The van der Waals surface area contributed by atoms with E-state index in [4.69, 9.17) is 4.74 Å². The van der Waals surface area contributed by atoms with Gasteiger partial charge in [-0.1, -0.05) is 19.1 Å². The largest absolute Gasteiger partial charge is 0.478 e. The lowest BCUT2D eigenvalue weighted by atomic mass is 10.2. The average molecular weight is 315 g/mol. The second-order valence-electron chi connectivity index (χ2n) is 5.05. The summed E-state index contributed by atoms with van der Waals surface area (Å²) in [7, 11) is -3.05. The van der Waals surface area contributed by atoms with Gasteiger partial charge in [-0.05, 0) is 25.0 Å². The van der Waals surface area contributed by atoms with Gasteiger partial charge in [0.15, 0.2) is 27.5 Å². The number of sulfone groups is 1. The number of ether oxygens (including phenoxy) is 1. The fourth-order valence-electron chi connectivity index (χ4n) is 2.22. The first-order valence-corrected chi connectivity index (χ1v) is 8.65. The standard InChI is InChI=1S/C14H18FNO4S/c1-2-12(20-13-6-4-3-5-11(13)15)14(17)16-10-7-8-21(18,19)9-10/h3-6,10,12H,2,7-9H2,1H3,(H,16,17)/t10-,12-/m1/s1. The number of amides is 1. The fourth-order valence-corrected chi connectivity index (χ4v) is 3.89. The van der Waals surface area contributed by atoms with Crippen LogP contribution in [-0.4, -0.2) is 38.0 Å². The number of rotatable bonds is 5. The predicted molar refractivity (Wildman–Crippen MR) is 76.3 cm³/mol. The van der Waals surface area contributed by atoms with Crippen LogP contribution in [0.1, 0.15) is 19.8 Å². The maximum atomic E-state index is 13.5. The normalized spacial score (nSPS) is 21.7. The molecule has 0 aromatic heterocycles. The Morgan fingerprint density at radius 2 is 2.19 bits per heavy atom. The number of benzene rings is 1. The first-order valence-electron chi connectivity index (χ1n) is 6.83. The van der Waals surface area contributed by atoms with Crippen molar-refractivity contribution in [2.75, 3.05) is 11.5 Å². The summed E-state index contributed by atoms with van der Waals surface area (Å²) in [5.41, 5.74) is 0. The molecule has 5 nitrogen and oxygen atoms in total. The topological polar surface area (TPSA) is 72.5 Å². The highest BCUT2D eigenvalue weighted by atomic mass is 32.2. The van der Waals surface area contributed by atoms with Crippen molar-refractivity contribution in [2.24, 2.45) is 0 Å². The Kier molecular flexibility index (Phi) is 4.82. The molecule has 0 aliphatic carbocycles. The maximum absolute atomic E-state index is 13.5. The molecule has 1 aromatic rings. The van der Waals surface area contributed by atoms with Crippen molar-refractivity contribution in [3.8, 4) is 5.75 Å². The molecule has 0 spiro atoms. The molecule has 1 aliphatic heterocycles. The van der Waals surface area contributed by atoms with Gasteiger partial charge in [-0.15, -0.1) is 0 Å². The summed E-state index contributed by atoms with van der Waals surface area (Å²) in [6.07, 6.45) is -0.0747. The van der Waals surface area contributed by atoms with Gasteiger partial charge < -0.3 is 10.1 Å². The molecule has 0 bridgehead atoms. The van der Waals surface area contributed by atoms with E-state index in [2.05, 4.69) is 5.32 Å². The first-order chi connectivity index (χ1) is 9.91. The third-order valence-corrected chi connectivity index (χ3v) is 5.12. The summed E-state index contributed by atoms with van der Waals surface area (Å²) in [6.45, 7) is 1.75. The Hall–Kier alpha value is -1.63. The molecule has 2 atom stereocenters. The number of para-hydroxylation sites is 1. The highest BCUT2D eigenvalue weighted by Gasteiger charge is 2.31. The van der Waals surface area contributed by atoms with Crippen LogP contribution in [0.15, 0.2) is 24.3 Å². The van der Waals surface area contributed by atoms with Gasteiger partial charge in [-0.3, -0.25) is 4.79 Å². The fraction of sp³-hybridized carbons (Fsp3) is 0.500. The van der Waals surface area contributed by atoms with Gasteiger partial charge in [0.25, 0.3) is 5.91 Å². The third-order valence-electron chi connectivity index (χ3n) is 3.35. The van der Waals surface area contributed by atoms with Crippen LogP contribution in [0.5, 0.6) is 5.75 Å². The molecule has 1 aromatic carbocycles. The zero-order valence-electron chi connectivity index (χ0n) is 11.7. The lowest BCUT2D eigenvalue weighted by molar-refractivity contribution is -0.128. The molecule has 1 N–H and O–H groups in total. The molecular weight excluding hydrogens is 297 g/mol. The van der Waals surface area contributed by atoms with E-state index in [1.165, 1.54) is 18.2 Å². The van der Waals surface area contributed by atoms with Crippen molar-refractivity contribution in [1.29, 1.82) is 0 Å². The van der Waals surface area contributed by atoms with Gasteiger partial charge in [-0.25, -0.2) is 12.8 Å². The predicted octanol–water partition coefficient (Wildman–Crippen LogP) is 1.29.